The summed E-state index contributed by atoms with van der Waals surface area (Å²) in [4.78, 5) is 0. The van der Waals surface area contributed by atoms with Gasteiger partial charge in [-0.1, -0.05) is 5.10 Å². The van der Waals surface area contributed by atoms with E-state index in [2.05, 4.69) is 10.2 Å². The van der Waals surface area contributed by atoms with Gasteiger partial charge in [0, 0.05) is 13.2 Å². The molecule has 2 heterocycles. The van der Waals surface area contributed by atoms with Crippen molar-refractivity contribution in [3.63, 3.8) is 0 Å². The second kappa shape index (κ2) is 4.56. The van der Waals surface area contributed by atoms with Gasteiger partial charge in [-0.3, -0.25) is 0 Å². The van der Waals surface area contributed by atoms with E-state index < -0.39 is 0 Å². The quantitative estimate of drug-likeness (QED) is 0.812. The van der Waals surface area contributed by atoms with E-state index in [1.807, 2.05) is 0 Å². The predicted molar refractivity (Wildman–Crippen MR) is 53.4 cm³/mol. The average Bonchev–Trinajstić information content (AvgIpc) is 2.63. The van der Waals surface area contributed by atoms with Crippen LogP contribution >= 0.6 is 11.3 Å². The first-order valence-electron chi connectivity index (χ1n) is 4.64. The van der Waals surface area contributed by atoms with Crippen LogP contribution in [0.5, 0.6) is 5.19 Å². The molecule has 0 saturated carbocycles. The van der Waals surface area contributed by atoms with Gasteiger partial charge in [0.05, 0.1) is 6.61 Å². The van der Waals surface area contributed by atoms with Gasteiger partial charge in [0.1, 0.15) is 0 Å². The lowest BCUT2D eigenvalue weighted by Crippen LogP contribution is -2.21. The average molecular weight is 215 g/mol. The molecule has 0 atom stereocenters. The number of rotatable bonds is 3. The first-order valence-corrected chi connectivity index (χ1v) is 5.46. The summed E-state index contributed by atoms with van der Waals surface area (Å²) in [5, 5.41) is 8.48. The zero-order chi connectivity index (χ0) is 9.80. The minimum atomic E-state index is 0.451. The summed E-state index contributed by atoms with van der Waals surface area (Å²) >= 11 is 1.28. The number of nitrogens with two attached hydrogens (primary N) is 1. The fourth-order valence-corrected chi connectivity index (χ4v) is 1.85. The van der Waals surface area contributed by atoms with E-state index in [4.69, 9.17) is 15.2 Å². The van der Waals surface area contributed by atoms with Crippen LogP contribution < -0.4 is 10.5 Å². The lowest BCUT2D eigenvalue weighted by Gasteiger charge is -2.21. The molecule has 0 spiro atoms. The molecule has 1 aliphatic heterocycles. The molecule has 2 N–H and O–H groups in total. The molecular formula is C8H13N3O2S. The second-order valence-corrected chi connectivity index (χ2v) is 4.24. The van der Waals surface area contributed by atoms with Gasteiger partial charge in [0.2, 0.25) is 5.13 Å². The van der Waals surface area contributed by atoms with Crippen molar-refractivity contribution in [3.8, 4) is 5.19 Å². The Morgan fingerprint density at radius 2 is 2.21 bits per heavy atom. The van der Waals surface area contributed by atoms with Crippen LogP contribution in [0.1, 0.15) is 12.8 Å². The maximum absolute atomic E-state index is 5.48. The maximum Gasteiger partial charge on any atom is 0.295 e. The van der Waals surface area contributed by atoms with Crippen molar-refractivity contribution in [2.75, 3.05) is 25.6 Å². The molecular weight excluding hydrogens is 202 g/mol. The van der Waals surface area contributed by atoms with Crippen molar-refractivity contribution >= 4 is 16.5 Å². The molecule has 5 nitrogen and oxygen atoms in total. The minimum absolute atomic E-state index is 0.451. The van der Waals surface area contributed by atoms with Crippen molar-refractivity contribution in [2.45, 2.75) is 12.8 Å². The molecule has 0 aromatic carbocycles. The summed E-state index contributed by atoms with van der Waals surface area (Å²) in [6.45, 7) is 2.37. The zero-order valence-corrected chi connectivity index (χ0v) is 8.63. The number of nitrogens with zero attached hydrogens (tertiary/aromatic N) is 2. The van der Waals surface area contributed by atoms with Gasteiger partial charge in [-0.2, -0.15) is 0 Å². The van der Waals surface area contributed by atoms with Crippen LogP contribution in [0.2, 0.25) is 0 Å². The molecule has 0 bridgehead atoms. The van der Waals surface area contributed by atoms with E-state index in [-0.39, 0.29) is 0 Å². The molecule has 1 aromatic heterocycles. The smallest absolute Gasteiger partial charge is 0.295 e. The van der Waals surface area contributed by atoms with Gasteiger partial charge in [-0.25, -0.2) is 0 Å². The SMILES string of the molecule is Nc1nnc(OCC2CCOCC2)s1. The van der Waals surface area contributed by atoms with Crippen molar-refractivity contribution in [3.05, 3.63) is 0 Å². The fourth-order valence-electron chi connectivity index (χ4n) is 1.38. The van der Waals surface area contributed by atoms with Crippen LogP contribution in [0.4, 0.5) is 5.13 Å². The minimum Gasteiger partial charge on any atom is -0.469 e. The third-order valence-electron chi connectivity index (χ3n) is 2.21. The summed E-state index contributed by atoms with van der Waals surface area (Å²) in [7, 11) is 0. The fraction of sp³-hybridized carbons (Fsp3) is 0.750. The predicted octanol–water partition coefficient (Wildman–Crippen LogP) is 0.926. The summed E-state index contributed by atoms with van der Waals surface area (Å²) in [6, 6.07) is 0. The van der Waals surface area contributed by atoms with Crippen molar-refractivity contribution < 1.29 is 9.47 Å². The third-order valence-corrected chi connectivity index (χ3v) is 2.87. The van der Waals surface area contributed by atoms with E-state index in [0.717, 1.165) is 26.1 Å². The number of nitrogen functional groups attached to an aromatic ring is 1. The number of anilines is 1. The van der Waals surface area contributed by atoms with Crippen molar-refractivity contribution in [1.82, 2.24) is 10.2 Å². The molecule has 1 saturated heterocycles. The van der Waals surface area contributed by atoms with Crippen LogP contribution in [-0.2, 0) is 4.74 Å². The lowest BCUT2D eigenvalue weighted by atomic mass is 10.0. The molecule has 14 heavy (non-hydrogen) atoms. The Hall–Kier alpha value is -0.880. The number of aromatic nitrogens is 2. The number of hydrogen-bond acceptors (Lipinski definition) is 6. The topological polar surface area (TPSA) is 70.3 Å². The largest absolute Gasteiger partial charge is 0.469 e. The highest BCUT2D eigenvalue weighted by atomic mass is 32.1. The van der Waals surface area contributed by atoms with Gasteiger partial charge >= 0.3 is 0 Å². The zero-order valence-electron chi connectivity index (χ0n) is 7.81. The molecule has 2 rings (SSSR count). The Morgan fingerprint density at radius 1 is 1.43 bits per heavy atom. The highest BCUT2D eigenvalue weighted by molar-refractivity contribution is 7.16. The van der Waals surface area contributed by atoms with Gasteiger partial charge in [0.25, 0.3) is 5.19 Å². The van der Waals surface area contributed by atoms with Crippen LogP contribution in [0, 0.1) is 5.92 Å². The molecule has 0 aliphatic carbocycles. The number of ether oxygens (including phenoxy) is 2. The molecule has 1 fully saturated rings. The summed E-state index contributed by atoms with van der Waals surface area (Å²) < 4.78 is 10.7. The van der Waals surface area contributed by atoms with E-state index in [1.54, 1.807) is 0 Å². The Labute approximate surface area is 86.2 Å². The Morgan fingerprint density at radius 3 is 2.86 bits per heavy atom. The van der Waals surface area contributed by atoms with Gasteiger partial charge in [0.15, 0.2) is 0 Å². The molecule has 0 amide bonds. The summed E-state index contributed by atoms with van der Waals surface area (Å²) in [5.41, 5.74) is 5.43. The Kier molecular flexibility index (Phi) is 3.15. The molecule has 6 heteroatoms. The second-order valence-electron chi connectivity index (χ2n) is 3.27. The van der Waals surface area contributed by atoms with E-state index >= 15 is 0 Å². The van der Waals surface area contributed by atoms with Crippen molar-refractivity contribution in [2.24, 2.45) is 5.92 Å². The van der Waals surface area contributed by atoms with Crippen LogP contribution in [0.25, 0.3) is 0 Å². The molecule has 78 valence electrons. The van der Waals surface area contributed by atoms with Crippen molar-refractivity contribution in [1.29, 1.82) is 0 Å². The molecule has 0 radical (unpaired) electrons. The normalized spacial score (nSPS) is 18.3. The van der Waals surface area contributed by atoms with E-state index in [1.165, 1.54) is 11.3 Å². The highest BCUT2D eigenvalue weighted by Crippen LogP contribution is 2.21. The monoisotopic (exact) mass is 215 g/mol. The molecule has 0 unspecified atom stereocenters. The molecule has 1 aromatic rings. The first-order chi connectivity index (χ1) is 6.84. The standard InChI is InChI=1S/C8H13N3O2S/c9-7-10-11-8(14-7)13-5-6-1-3-12-4-2-6/h6H,1-5H2,(H2,9,10). The Bertz CT molecular complexity index is 286. The van der Waals surface area contributed by atoms with Gasteiger partial charge < -0.3 is 15.2 Å². The van der Waals surface area contributed by atoms with Crippen LogP contribution in [0.3, 0.4) is 0 Å². The first kappa shape index (κ1) is 9.67. The van der Waals surface area contributed by atoms with Crippen LogP contribution in [0.15, 0.2) is 0 Å². The molecule has 1 aliphatic rings. The van der Waals surface area contributed by atoms with Gasteiger partial charge in [-0.05, 0) is 30.1 Å². The van der Waals surface area contributed by atoms with E-state index in [0.29, 0.717) is 22.9 Å². The third kappa shape index (κ3) is 2.55. The summed E-state index contributed by atoms with van der Waals surface area (Å²) in [5.74, 6) is 0.578. The lowest BCUT2D eigenvalue weighted by molar-refractivity contribution is 0.0496. The van der Waals surface area contributed by atoms with Gasteiger partial charge in [-0.15, -0.1) is 5.10 Å². The highest BCUT2D eigenvalue weighted by Gasteiger charge is 2.15. The summed E-state index contributed by atoms with van der Waals surface area (Å²) in [6.07, 6.45) is 2.13. The van der Waals surface area contributed by atoms with Crippen LogP contribution in [-0.4, -0.2) is 30.0 Å². The Balaban J connectivity index is 1.76. The maximum atomic E-state index is 5.48. The van der Waals surface area contributed by atoms with E-state index in [9.17, 15) is 0 Å². The number of hydrogen-bond donors (Lipinski definition) is 1.